The zero-order valence-electron chi connectivity index (χ0n) is 5.44. The second kappa shape index (κ2) is 5.03. The van der Waals surface area contributed by atoms with E-state index >= 15 is 0 Å². The van der Waals surface area contributed by atoms with Crippen LogP contribution in [-0.2, 0) is 0 Å². The molecule has 0 fully saturated rings. The molecule has 0 radical (unpaired) electrons. The lowest BCUT2D eigenvalue weighted by Crippen LogP contribution is -2.42. The first kappa shape index (κ1) is 7.88. The van der Waals surface area contributed by atoms with Gasteiger partial charge in [0.1, 0.15) is 0 Å². The van der Waals surface area contributed by atoms with Crippen LogP contribution in [0, 0.1) is 0 Å². The third-order valence-corrected chi connectivity index (χ3v) is 0.982. The van der Waals surface area contributed by atoms with Gasteiger partial charge in [-0.1, -0.05) is 6.92 Å². The topological polar surface area (TPSA) is 44.3 Å². The van der Waals surface area contributed by atoms with Gasteiger partial charge < -0.3 is 15.7 Å². The van der Waals surface area contributed by atoms with Crippen molar-refractivity contribution in [2.24, 2.45) is 0 Å². The summed E-state index contributed by atoms with van der Waals surface area (Å²) in [6, 6.07) is 0. The van der Waals surface area contributed by atoms with Gasteiger partial charge in [-0.2, -0.15) is 0 Å². The molecule has 0 aliphatic carbocycles. The maximum atomic E-state index is 8.53. The van der Waals surface area contributed by atoms with Crippen LogP contribution < -0.4 is 10.6 Å². The zero-order chi connectivity index (χ0) is 6.41. The number of aliphatic hydroxyl groups is 1. The molecular weight excluding hydrogens is 104 g/mol. The molecule has 0 aromatic rings. The van der Waals surface area contributed by atoms with Gasteiger partial charge in [0, 0.05) is 0 Å². The maximum Gasteiger partial charge on any atom is 0.0807 e. The fourth-order valence-corrected chi connectivity index (χ4v) is 0.504. The quantitative estimate of drug-likeness (QED) is 0.421. The minimum Gasteiger partial charge on any atom is -0.393 e. The van der Waals surface area contributed by atoms with Gasteiger partial charge in [0.05, 0.1) is 12.8 Å². The van der Waals surface area contributed by atoms with Gasteiger partial charge in [-0.15, -0.1) is 0 Å². The molecule has 3 nitrogen and oxygen atoms in total. The smallest absolute Gasteiger partial charge is 0.0807 e. The minimum atomic E-state index is 0.0556. The molecule has 8 heavy (non-hydrogen) atoms. The molecule has 0 aliphatic heterocycles. The van der Waals surface area contributed by atoms with Crippen LogP contribution in [0.4, 0.5) is 0 Å². The third-order valence-electron chi connectivity index (χ3n) is 0.982. The lowest BCUT2D eigenvalue weighted by atomic mass is 10.5. The van der Waals surface area contributed by atoms with E-state index in [4.69, 9.17) is 5.11 Å². The highest BCUT2D eigenvalue weighted by Gasteiger charge is 1.97. The van der Waals surface area contributed by atoms with Crippen molar-refractivity contribution in [1.29, 1.82) is 0 Å². The zero-order valence-corrected chi connectivity index (χ0v) is 5.44. The van der Waals surface area contributed by atoms with Crippen LogP contribution in [0.25, 0.3) is 0 Å². The Labute approximate surface area is 50.1 Å². The van der Waals surface area contributed by atoms with Crippen LogP contribution in [0.3, 0.4) is 0 Å². The number of hydrogen-bond acceptors (Lipinski definition) is 3. The van der Waals surface area contributed by atoms with Crippen LogP contribution in [0.5, 0.6) is 0 Å². The van der Waals surface area contributed by atoms with Crippen molar-refractivity contribution in [1.82, 2.24) is 10.6 Å². The fourth-order valence-electron chi connectivity index (χ4n) is 0.504. The summed E-state index contributed by atoms with van der Waals surface area (Å²) in [5.41, 5.74) is 0. The molecule has 0 aliphatic rings. The van der Waals surface area contributed by atoms with E-state index in [0.29, 0.717) is 0 Å². The molecule has 3 N–H and O–H groups in total. The summed E-state index contributed by atoms with van der Waals surface area (Å²) in [6.07, 6.45) is 0.0556. The molecule has 3 heteroatoms. The molecule has 1 atom stereocenters. The molecule has 0 spiro atoms. The van der Waals surface area contributed by atoms with Crippen molar-refractivity contribution in [3.63, 3.8) is 0 Å². The summed E-state index contributed by atoms with van der Waals surface area (Å²) in [6.45, 7) is 3.02. The summed E-state index contributed by atoms with van der Waals surface area (Å²) in [5, 5.41) is 14.4. The van der Waals surface area contributed by atoms with Gasteiger partial charge >= 0.3 is 0 Å². The largest absolute Gasteiger partial charge is 0.393 e. The summed E-state index contributed by atoms with van der Waals surface area (Å²) in [5.74, 6) is 0. The molecule has 50 valence electrons. The molecule has 0 heterocycles. The highest BCUT2D eigenvalue weighted by atomic mass is 16.3. The van der Waals surface area contributed by atoms with Crippen molar-refractivity contribution in [3.8, 4) is 0 Å². The maximum absolute atomic E-state index is 8.53. The Kier molecular flexibility index (Phi) is 4.95. The van der Waals surface area contributed by atoms with Crippen molar-refractivity contribution in [2.75, 3.05) is 20.2 Å². The van der Waals surface area contributed by atoms with Crippen molar-refractivity contribution in [3.05, 3.63) is 0 Å². The third kappa shape index (κ3) is 2.96. The second-order valence-corrected chi connectivity index (χ2v) is 1.58. The van der Waals surface area contributed by atoms with E-state index in [1.807, 2.05) is 14.0 Å². The Morgan fingerprint density at radius 1 is 1.62 bits per heavy atom. The molecule has 0 aromatic heterocycles. The van der Waals surface area contributed by atoms with Gasteiger partial charge in [-0.05, 0) is 13.6 Å². The number of likely N-dealkylation sites (N-methyl/N-ethyl adjacent to an activating group) is 2. The molecule has 0 bridgehead atoms. The number of nitrogens with one attached hydrogen (secondary N) is 2. The summed E-state index contributed by atoms with van der Waals surface area (Å²) < 4.78 is 0. The van der Waals surface area contributed by atoms with Crippen molar-refractivity contribution in [2.45, 2.75) is 13.1 Å². The molecule has 0 saturated carbocycles. The Morgan fingerprint density at radius 2 is 2.25 bits per heavy atom. The SMILES string of the molecule is CCNC(CO)NC. The van der Waals surface area contributed by atoms with E-state index in [1.54, 1.807) is 0 Å². The van der Waals surface area contributed by atoms with E-state index in [2.05, 4.69) is 10.6 Å². The van der Waals surface area contributed by atoms with Crippen LogP contribution in [-0.4, -0.2) is 31.5 Å². The average Bonchev–Trinajstić information content (AvgIpc) is 1.83. The van der Waals surface area contributed by atoms with Crippen molar-refractivity contribution < 1.29 is 5.11 Å². The van der Waals surface area contributed by atoms with E-state index in [0.717, 1.165) is 6.54 Å². The molecular formula is C5H14N2O. The Bertz CT molecular complexity index is 45.7. The molecule has 0 saturated heterocycles. The van der Waals surface area contributed by atoms with Crippen LogP contribution in [0.15, 0.2) is 0 Å². The number of aliphatic hydroxyl groups excluding tert-OH is 1. The van der Waals surface area contributed by atoms with E-state index in [-0.39, 0.29) is 12.8 Å². The first-order chi connectivity index (χ1) is 3.85. The van der Waals surface area contributed by atoms with Gasteiger partial charge in [0.15, 0.2) is 0 Å². The summed E-state index contributed by atoms with van der Waals surface area (Å²) in [4.78, 5) is 0. The molecule has 0 amide bonds. The Hall–Kier alpha value is -0.120. The number of hydrogen-bond donors (Lipinski definition) is 3. The fraction of sp³-hybridized carbons (Fsp3) is 1.00. The van der Waals surface area contributed by atoms with Crippen LogP contribution in [0.1, 0.15) is 6.92 Å². The van der Waals surface area contributed by atoms with E-state index < -0.39 is 0 Å². The van der Waals surface area contributed by atoms with E-state index in [1.165, 1.54) is 0 Å². The first-order valence-electron chi connectivity index (χ1n) is 2.86. The minimum absolute atomic E-state index is 0.0556. The normalized spacial score (nSPS) is 13.9. The standard InChI is InChI=1S/C5H14N2O/c1-3-7-5(4-8)6-2/h5-8H,3-4H2,1-2H3. The van der Waals surface area contributed by atoms with Crippen LogP contribution in [0.2, 0.25) is 0 Å². The van der Waals surface area contributed by atoms with Gasteiger partial charge in [0.25, 0.3) is 0 Å². The molecule has 0 rings (SSSR count). The Balaban J connectivity index is 3.07. The average molecular weight is 118 g/mol. The summed E-state index contributed by atoms with van der Waals surface area (Å²) >= 11 is 0. The van der Waals surface area contributed by atoms with Crippen LogP contribution >= 0.6 is 0 Å². The highest BCUT2D eigenvalue weighted by molar-refractivity contribution is 4.56. The monoisotopic (exact) mass is 118 g/mol. The number of rotatable bonds is 4. The predicted molar refractivity (Wildman–Crippen MR) is 33.6 cm³/mol. The lowest BCUT2D eigenvalue weighted by molar-refractivity contribution is 0.228. The molecule has 1 unspecified atom stereocenters. The predicted octanol–water partition coefficient (Wildman–Crippen LogP) is -0.866. The lowest BCUT2D eigenvalue weighted by Gasteiger charge is -2.12. The van der Waals surface area contributed by atoms with Crippen molar-refractivity contribution >= 4 is 0 Å². The Morgan fingerprint density at radius 3 is 2.38 bits per heavy atom. The van der Waals surface area contributed by atoms with Gasteiger partial charge in [-0.3, -0.25) is 0 Å². The van der Waals surface area contributed by atoms with E-state index in [9.17, 15) is 0 Å². The highest BCUT2D eigenvalue weighted by Crippen LogP contribution is 1.69. The van der Waals surface area contributed by atoms with Gasteiger partial charge in [0.2, 0.25) is 0 Å². The first-order valence-corrected chi connectivity index (χ1v) is 2.86. The molecule has 0 aromatic carbocycles. The van der Waals surface area contributed by atoms with Gasteiger partial charge in [-0.25, -0.2) is 0 Å². The second-order valence-electron chi connectivity index (χ2n) is 1.58. The summed E-state index contributed by atoms with van der Waals surface area (Å²) in [7, 11) is 1.81.